The highest BCUT2D eigenvalue weighted by Crippen LogP contribution is 2.35. The minimum Gasteiger partial charge on any atom is -0.493 e. The van der Waals surface area contributed by atoms with Gasteiger partial charge in [-0.25, -0.2) is 4.90 Å². The number of benzene rings is 3. The number of carbonyl (C=O) groups is 2. The molecule has 0 aliphatic carbocycles. The molecule has 0 saturated carbocycles. The number of carbonyl (C=O) groups excluding carboxylic acids is 2. The second-order valence-corrected chi connectivity index (χ2v) is 7.09. The first-order valence-electron chi connectivity index (χ1n) is 9.77. The van der Waals surface area contributed by atoms with Crippen molar-refractivity contribution in [1.29, 1.82) is 0 Å². The lowest BCUT2D eigenvalue weighted by atomic mass is 10.0. The average molecular weight is 414 g/mol. The molecule has 6 nitrogen and oxygen atoms in total. The molecule has 0 atom stereocenters. The molecular formula is C25H22N2O4. The minimum absolute atomic E-state index is 0.212. The molecule has 0 spiro atoms. The summed E-state index contributed by atoms with van der Waals surface area (Å²) in [6.45, 7) is 1.95. The van der Waals surface area contributed by atoms with Gasteiger partial charge in [0.25, 0.3) is 11.8 Å². The van der Waals surface area contributed by atoms with E-state index in [0.717, 1.165) is 5.56 Å². The number of rotatable bonds is 6. The van der Waals surface area contributed by atoms with E-state index in [1.807, 2.05) is 49.4 Å². The molecule has 0 bridgehead atoms. The number of aryl methyl sites for hydroxylation is 1. The van der Waals surface area contributed by atoms with Crippen LogP contribution in [-0.2, 0) is 9.59 Å². The summed E-state index contributed by atoms with van der Waals surface area (Å²) < 4.78 is 10.6. The van der Waals surface area contributed by atoms with Crippen LogP contribution >= 0.6 is 0 Å². The van der Waals surface area contributed by atoms with Crippen LogP contribution in [0.2, 0.25) is 0 Å². The van der Waals surface area contributed by atoms with Crippen LogP contribution in [0.1, 0.15) is 11.1 Å². The van der Waals surface area contributed by atoms with Crippen molar-refractivity contribution in [2.45, 2.75) is 6.92 Å². The van der Waals surface area contributed by atoms with Crippen LogP contribution in [-0.4, -0.2) is 26.0 Å². The maximum Gasteiger partial charge on any atom is 0.282 e. The lowest BCUT2D eigenvalue weighted by Gasteiger charge is -2.16. The van der Waals surface area contributed by atoms with E-state index in [9.17, 15) is 9.59 Å². The number of nitrogens with zero attached hydrogens (tertiary/aromatic N) is 1. The highest BCUT2D eigenvalue weighted by Gasteiger charge is 2.40. The maximum atomic E-state index is 13.4. The Hall–Kier alpha value is -4.06. The Balaban J connectivity index is 1.79. The first kappa shape index (κ1) is 20.2. The predicted octanol–water partition coefficient (Wildman–Crippen LogP) is 4.41. The number of hydrogen-bond acceptors (Lipinski definition) is 5. The zero-order chi connectivity index (χ0) is 22.0. The first-order valence-corrected chi connectivity index (χ1v) is 9.77. The van der Waals surface area contributed by atoms with E-state index in [0.29, 0.717) is 34.0 Å². The fraction of sp³-hybridized carbons (Fsp3) is 0.120. The molecule has 0 unspecified atom stereocenters. The molecule has 1 aliphatic rings. The van der Waals surface area contributed by atoms with E-state index in [-0.39, 0.29) is 11.6 Å². The molecule has 0 aromatic heterocycles. The van der Waals surface area contributed by atoms with Crippen LogP contribution in [0.4, 0.5) is 11.4 Å². The van der Waals surface area contributed by atoms with Crippen molar-refractivity contribution in [1.82, 2.24) is 0 Å². The summed E-state index contributed by atoms with van der Waals surface area (Å²) in [6.07, 6.45) is 0. The summed E-state index contributed by atoms with van der Waals surface area (Å²) >= 11 is 0. The number of ether oxygens (including phenoxy) is 2. The highest BCUT2D eigenvalue weighted by atomic mass is 16.5. The fourth-order valence-corrected chi connectivity index (χ4v) is 3.50. The first-order chi connectivity index (χ1) is 15.0. The van der Waals surface area contributed by atoms with Crippen molar-refractivity contribution >= 4 is 28.8 Å². The third-order valence-corrected chi connectivity index (χ3v) is 5.09. The van der Waals surface area contributed by atoms with Crippen LogP contribution in [0.5, 0.6) is 11.5 Å². The smallest absolute Gasteiger partial charge is 0.282 e. The fourth-order valence-electron chi connectivity index (χ4n) is 3.50. The van der Waals surface area contributed by atoms with Gasteiger partial charge >= 0.3 is 0 Å². The van der Waals surface area contributed by atoms with Gasteiger partial charge in [-0.2, -0.15) is 0 Å². The normalized spacial score (nSPS) is 13.6. The van der Waals surface area contributed by atoms with E-state index >= 15 is 0 Å². The number of amides is 2. The number of anilines is 2. The van der Waals surface area contributed by atoms with Crippen LogP contribution in [0, 0.1) is 6.92 Å². The van der Waals surface area contributed by atoms with Gasteiger partial charge in [-0.15, -0.1) is 0 Å². The van der Waals surface area contributed by atoms with Gasteiger partial charge in [-0.05, 0) is 36.8 Å². The third kappa shape index (κ3) is 3.75. The summed E-state index contributed by atoms with van der Waals surface area (Å²) in [6, 6.07) is 21.7. The van der Waals surface area contributed by atoms with E-state index in [1.165, 1.54) is 4.90 Å². The summed E-state index contributed by atoms with van der Waals surface area (Å²) in [7, 11) is 3.10. The van der Waals surface area contributed by atoms with Crippen molar-refractivity contribution in [2.75, 3.05) is 24.4 Å². The van der Waals surface area contributed by atoms with Gasteiger partial charge in [-0.3, -0.25) is 9.59 Å². The van der Waals surface area contributed by atoms with Crippen LogP contribution in [0.15, 0.2) is 78.5 Å². The Morgan fingerprint density at radius 1 is 0.774 bits per heavy atom. The van der Waals surface area contributed by atoms with E-state index < -0.39 is 5.91 Å². The van der Waals surface area contributed by atoms with E-state index in [2.05, 4.69) is 5.32 Å². The molecule has 1 heterocycles. The topological polar surface area (TPSA) is 67.9 Å². The highest BCUT2D eigenvalue weighted by molar-refractivity contribution is 6.46. The molecular weight excluding hydrogens is 392 g/mol. The quantitative estimate of drug-likeness (QED) is 0.605. The minimum atomic E-state index is -0.414. The third-order valence-electron chi connectivity index (χ3n) is 5.09. The van der Waals surface area contributed by atoms with E-state index in [1.54, 1.807) is 44.6 Å². The summed E-state index contributed by atoms with van der Waals surface area (Å²) in [4.78, 5) is 28.0. The van der Waals surface area contributed by atoms with Crippen molar-refractivity contribution in [3.8, 4) is 11.5 Å². The van der Waals surface area contributed by atoms with Crippen LogP contribution < -0.4 is 19.7 Å². The number of methoxy groups -OCH3 is 2. The standard InChI is InChI=1S/C25H22N2O4/c1-16-9-12-19(13-10-16)27-24(28)22(17-7-5-4-6-8-17)23(25(27)29)26-18-11-14-20(30-2)21(15-18)31-3/h4-15,26H,1-3H3. The van der Waals surface area contributed by atoms with E-state index in [4.69, 9.17) is 9.47 Å². The summed E-state index contributed by atoms with van der Waals surface area (Å²) in [5.74, 6) is 0.299. The molecule has 31 heavy (non-hydrogen) atoms. The number of imide groups is 1. The zero-order valence-corrected chi connectivity index (χ0v) is 17.5. The molecule has 1 aliphatic heterocycles. The molecule has 2 amide bonds. The van der Waals surface area contributed by atoms with Gasteiger partial charge in [0.1, 0.15) is 5.70 Å². The van der Waals surface area contributed by atoms with Crippen LogP contribution in [0.3, 0.4) is 0 Å². The Morgan fingerprint density at radius 2 is 1.45 bits per heavy atom. The molecule has 4 rings (SSSR count). The van der Waals surface area contributed by atoms with Crippen molar-refractivity contribution in [3.05, 3.63) is 89.6 Å². The van der Waals surface area contributed by atoms with Crippen molar-refractivity contribution in [2.24, 2.45) is 0 Å². The van der Waals surface area contributed by atoms with Gasteiger partial charge < -0.3 is 14.8 Å². The number of nitrogens with one attached hydrogen (secondary N) is 1. The Morgan fingerprint density at radius 3 is 2.10 bits per heavy atom. The molecule has 6 heteroatoms. The lowest BCUT2D eigenvalue weighted by Crippen LogP contribution is -2.32. The molecule has 0 radical (unpaired) electrons. The second kappa shape index (κ2) is 8.36. The van der Waals surface area contributed by atoms with Gasteiger partial charge in [0.2, 0.25) is 0 Å². The molecule has 156 valence electrons. The second-order valence-electron chi connectivity index (χ2n) is 7.09. The summed E-state index contributed by atoms with van der Waals surface area (Å²) in [5.41, 5.74) is 3.37. The average Bonchev–Trinajstić information content (AvgIpc) is 3.04. The molecule has 3 aromatic carbocycles. The zero-order valence-electron chi connectivity index (χ0n) is 17.5. The molecule has 0 fully saturated rings. The van der Waals surface area contributed by atoms with Gasteiger partial charge in [-0.1, -0.05) is 48.0 Å². The van der Waals surface area contributed by atoms with Crippen LogP contribution in [0.25, 0.3) is 5.57 Å². The molecule has 0 saturated heterocycles. The number of hydrogen-bond donors (Lipinski definition) is 1. The van der Waals surface area contributed by atoms with Gasteiger partial charge in [0.15, 0.2) is 11.5 Å². The lowest BCUT2D eigenvalue weighted by molar-refractivity contribution is -0.120. The largest absolute Gasteiger partial charge is 0.493 e. The Labute approximate surface area is 180 Å². The maximum absolute atomic E-state index is 13.4. The Kier molecular flexibility index (Phi) is 5.45. The van der Waals surface area contributed by atoms with Gasteiger partial charge in [0, 0.05) is 11.8 Å². The predicted molar refractivity (Wildman–Crippen MR) is 120 cm³/mol. The SMILES string of the molecule is COc1ccc(NC2=C(c3ccccc3)C(=O)N(c3ccc(C)cc3)C2=O)cc1OC. The molecule has 1 N–H and O–H groups in total. The summed E-state index contributed by atoms with van der Waals surface area (Å²) in [5, 5.41) is 3.14. The van der Waals surface area contributed by atoms with Crippen molar-refractivity contribution in [3.63, 3.8) is 0 Å². The van der Waals surface area contributed by atoms with Crippen molar-refractivity contribution < 1.29 is 19.1 Å². The Bertz CT molecular complexity index is 1170. The monoisotopic (exact) mass is 414 g/mol. The van der Waals surface area contributed by atoms with Gasteiger partial charge in [0.05, 0.1) is 25.5 Å². The molecule has 3 aromatic rings.